The molecule has 12 heteroatoms. The lowest BCUT2D eigenvalue weighted by Gasteiger charge is -2.28. The van der Waals surface area contributed by atoms with Crippen molar-refractivity contribution in [2.75, 3.05) is 12.0 Å². The van der Waals surface area contributed by atoms with Crippen LogP contribution < -0.4 is 5.73 Å². The third kappa shape index (κ3) is 1.68. The number of imidazole rings is 1. The van der Waals surface area contributed by atoms with E-state index in [9.17, 15) is 18.6 Å². The third-order valence-corrected chi connectivity index (χ3v) is 5.45. The zero-order chi connectivity index (χ0) is 17.7. The van der Waals surface area contributed by atoms with E-state index in [2.05, 4.69) is 15.1 Å². The van der Waals surface area contributed by atoms with Gasteiger partial charge in [-0.05, 0) is 6.92 Å². The van der Waals surface area contributed by atoms with Gasteiger partial charge in [-0.15, -0.1) is 5.10 Å². The van der Waals surface area contributed by atoms with E-state index in [1.807, 2.05) is 0 Å². The van der Waals surface area contributed by atoms with Crippen molar-refractivity contribution in [2.45, 2.75) is 41.7 Å². The molecule has 130 valence electrons. The second-order valence-electron chi connectivity index (χ2n) is 6.25. The Morgan fingerprint density at radius 1 is 1.50 bits per heavy atom. The molecule has 2 aromatic rings. The maximum atomic E-state index is 15.1. The standard InChI is InChI=1S/C12H14FN5O5S/c1-11(13)6(23-7-5(19)12(7,11)20)4-3-15-9-8(14)16-10(17-18(4)9)24(2,21)22/h3,5-7,19-20H,1-2H3,(H2,14,16,17)/t5?,6-,7+,11-,12+/m0/s1. The quantitative estimate of drug-likeness (QED) is 0.574. The molecule has 4 rings (SSSR count). The Morgan fingerprint density at radius 3 is 2.71 bits per heavy atom. The number of nitrogen functional groups attached to an aromatic ring is 1. The summed E-state index contributed by atoms with van der Waals surface area (Å²) in [7, 11) is -3.76. The van der Waals surface area contributed by atoms with E-state index in [0.29, 0.717) is 0 Å². The molecule has 24 heavy (non-hydrogen) atoms. The highest BCUT2D eigenvalue weighted by Crippen LogP contribution is 2.62. The summed E-state index contributed by atoms with van der Waals surface area (Å²) in [5.41, 5.74) is 1.42. The summed E-state index contributed by atoms with van der Waals surface area (Å²) in [5, 5.41) is 23.1. The summed E-state index contributed by atoms with van der Waals surface area (Å²) in [6, 6.07) is 0. The Morgan fingerprint density at radius 2 is 2.17 bits per heavy atom. The number of hydrogen-bond donors (Lipinski definition) is 3. The van der Waals surface area contributed by atoms with Crippen molar-refractivity contribution in [3.05, 3.63) is 11.9 Å². The molecule has 0 spiro atoms. The fraction of sp³-hybridized carbons (Fsp3) is 0.583. The van der Waals surface area contributed by atoms with Gasteiger partial charge < -0.3 is 20.7 Å². The molecule has 5 atom stereocenters. The van der Waals surface area contributed by atoms with Gasteiger partial charge >= 0.3 is 0 Å². The monoisotopic (exact) mass is 359 g/mol. The van der Waals surface area contributed by atoms with Gasteiger partial charge in [0.1, 0.15) is 18.3 Å². The number of aliphatic hydroxyl groups is 2. The van der Waals surface area contributed by atoms with Crippen molar-refractivity contribution in [2.24, 2.45) is 0 Å². The molecule has 0 amide bonds. The smallest absolute Gasteiger partial charge is 0.267 e. The fourth-order valence-electron chi connectivity index (χ4n) is 3.14. The molecule has 0 radical (unpaired) electrons. The average molecular weight is 359 g/mol. The number of alkyl halides is 1. The molecule has 1 saturated carbocycles. The molecule has 1 unspecified atom stereocenters. The predicted octanol–water partition coefficient (Wildman–Crippen LogP) is -1.62. The fourth-order valence-corrected chi connectivity index (χ4v) is 3.63. The summed E-state index contributed by atoms with van der Waals surface area (Å²) in [6.07, 6.45) is -1.59. The number of nitrogens with zero attached hydrogens (tertiary/aromatic N) is 4. The number of rotatable bonds is 2. The number of halogens is 1. The molecule has 1 aliphatic heterocycles. The van der Waals surface area contributed by atoms with Crippen molar-refractivity contribution in [1.29, 1.82) is 0 Å². The zero-order valence-corrected chi connectivity index (χ0v) is 13.4. The van der Waals surface area contributed by atoms with Gasteiger partial charge in [-0.1, -0.05) is 0 Å². The molecule has 2 fully saturated rings. The Bertz CT molecular complexity index is 976. The van der Waals surface area contributed by atoms with E-state index in [-0.39, 0.29) is 17.2 Å². The highest BCUT2D eigenvalue weighted by molar-refractivity contribution is 7.90. The summed E-state index contributed by atoms with van der Waals surface area (Å²) in [4.78, 5) is 7.63. The topological polar surface area (TPSA) is 153 Å². The second kappa shape index (κ2) is 4.20. The van der Waals surface area contributed by atoms with E-state index in [1.54, 1.807) is 0 Å². The molecule has 10 nitrogen and oxygen atoms in total. The number of nitrogens with two attached hydrogens (primary N) is 1. The van der Waals surface area contributed by atoms with Crippen LogP contribution in [0.2, 0.25) is 0 Å². The largest absolute Gasteiger partial charge is 0.387 e. The molecule has 3 heterocycles. The summed E-state index contributed by atoms with van der Waals surface area (Å²) >= 11 is 0. The van der Waals surface area contributed by atoms with Gasteiger partial charge in [-0.3, -0.25) is 0 Å². The van der Waals surface area contributed by atoms with E-state index in [1.165, 1.54) is 6.20 Å². The molecule has 1 saturated heterocycles. The van der Waals surface area contributed by atoms with Crippen LogP contribution in [0.25, 0.3) is 5.65 Å². The highest BCUT2D eigenvalue weighted by atomic mass is 32.2. The van der Waals surface area contributed by atoms with Crippen LogP contribution in [0.3, 0.4) is 0 Å². The van der Waals surface area contributed by atoms with Crippen LogP contribution >= 0.6 is 0 Å². The summed E-state index contributed by atoms with van der Waals surface area (Å²) in [5.74, 6) is -0.195. The maximum Gasteiger partial charge on any atom is 0.267 e. The van der Waals surface area contributed by atoms with Gasteiger partial charge in [0.25, 0.3) is 5.16 Å². The molecule has 2 aliphatic rings. The van der Waals surface area contributed by atoms with Gasteiger partial charge in [0.15, 0.2) is 22.7 Å². The van der Waals surface area contributed by atoms with Crippen LogP contribution in [0, 0.1) is 0 Å². The molecular formula is C12H14FN5O5S. The van der Waals surface area contributed by atoms with Gasteiger partial charge in [-0.25, -0.2) is 22.3 Å². The van der Waals surface area contributed by atoms with Crippen molar-refractivity contribution in [3.63, 3.8) is 0 Å². The van der Waals surface area contributed by atoms with Crippen LogP contribution in [0.5, 0.6) is 0 Å². The first-order chi connectivity index (χ1) is 11.0. The minimum atomic E-state index is -3.76. The Labute approximate surface area is 135 Å². The molecular weight excluding hydrogens is 345 g/mol. The first-order valence-corrected chi connectivity index (χ1v) is 8.84. The summed E-state index contributed by atoms with van der Waals surface area (Å²) in [6.45, 7) is 1.09. The van der Waals surface area contributed by atoms with E-state index in [4.69, 9.17) is 10.5 Å². The number of fused-ring (bicyclic) bond motifs is 2. The Balaban J connectivity index is 1.89. The predicted molar refractivity (Wildman–Crippen MR) is 76.4 cm³/mol. The average Bonchev–Trinajstić information content (AvgIpc) is 2.80. The SMILES string of the molecule is C[C@]1(F)[C@H](c2cnc3c(N)nc(S(C)(=O)=O)nn23)O[C@@H]2C(O)[C@@]21O. The Kier molecular flexibility index (Phi) is 2.73. The van der Waals surface area contributed by atoms with Crippen molar-refractivity contribution in [3.8, 4) is 0 Å². The lowest BCUT2D eigenvalue weighted by atomic mass is 9.91. The lowest BCUT2D eigenvalue weighted by Crippen LogP contribution is -2.43. The normalized spacial score (nSPS) is 38.5. The third-order valence-electron chi connectivity index (χ3n) is 4.62. The first kappa shape index (κ1) is 15.6. The number of hydrogen-bond acceptors (Lipinski definition) is 9. The van der Waals surface area contributed by atoms with Crippen molar-refractivity contribution in [1.82, 2.24) is 19.6 Å². The molecule has 4 N–H and O–H groups in total. The van der Waals surface area contributed by atoms with Crippen molar-refractivity contribution >= 4 is 21.3 Å². The zero-order valence-electron chi connectivity index (χ0n) is 12.6. The van der Waals surface area contributed by atoms with Crippen LogP contribution in [-0.4, -0.2) is 67.9 Å². The van der Waals surface area contributed by atoms with Crippen LogP contribution in [-0.2, 0) is 14.6 Å². The van der Waals surface area contributed by atoms with Crippen molar-refractivity contribution < 1.29 is 27.8 Å². The second-order valence-corrected chi connectivity index (χ2v) is 8.16. The van der Waals surface area contributed by atoms with Crippen LogP contribution in [0.1, 0.15) is 18.7 Å². The van der Waals surface area contributed by atoms with Gasteiger partial charge in [0.2, 0.25) is 9.84 Å². The molecule has 0 bridgehead atoms. The van der Waals surface area contributed by atoms with Crippen LogP contribution in [0.15, 0.2) is 11.4 Å². The molecule has 1 aliphatic carbocycles. The van der Waals surface area contributed by atoms with E-state index >= 15 is 4.39 Å². The number of aliphatic hydroxyl groups excluding tert-OH is 1. The molecule has 2 aromatic heterocycles. The van der Waals surface area contributed by atoms with E-state index < -0.39 is 44.6 Å². The van der Waals surface area contributed by atoms with Crippen LogP contribution in [0.4, 0.5) is 10.2 Å². The van der Waals surface area contributed by atoms with Gasteiger partial charge in [0, 0.05) is 6.26 Å². The number of anilines is 1. The highest BCUT2D eigenvalue weighted by Gasteiger charge is 2.83. The summed E-state index contributed by atoms with van der Waals surface area (Å²) < 4.78 is 44.9. The lowest BCUT2D eigenvalue weighted by molar-refractivity contribution is -0.0885. The number of aromatic nitrogens is 4. The maximum absolute atomic E-state index is 15.1. The number of sulfone groups is 1. The minimum Gasteiger partial charge on any atom is -0.387 e. The van der Waals surface area contributed by atoms with Gasteiger partial charge in [0.05, 0.1) is 11.9 Å². The van der Waals surface area contributed by atoms with Gasteiger partial charge in [-0.2, -0.15) is 4.98 Å². The Hall–Kier alpha value is -1.89. The number of ether oxygens (including phenoxy) is 1. The first-order valence-electron chi connectivity index (χ1n) is 6.95. The minimum absolute atomic E-state index is 0.0323. The van der Waals surface area contributed by atoms with E-state index in [0.717, 1.165) is 17.7 Å². The molecule has 0 aromatic carbocycles.